The molecule has 1 N–H and O–H groups in total. The molecule has 3 unspecified atom stereocenters. The molecule has 1 aromatic carbocycles. The molecule has 6 heteroatoms. The fourth-order valence-corrected chi connectivity index (χ4v) is 4.43. The first-order valence-electron chi connectivity index (χ1n) is 10.3. The molecule has 3 fully saturated rings. The third kappa shape index (κ3) is 4.45. The third-order valence-electron chi connectivity index (χ3n) is 6.05. The van der Waals surface area contributed by atoms with Crippen LogP contribution in [-0.4, -0.2) is 73.9 Å². The highest BCUT2D eigenvalue weighted by Gasteiger charge is 2.34. The maximum atomic E-state index is 12.9. The lowest BCUT2D eigenvalue weighted by molar-refractivity contribution is -0.00868. The normalized spacial score (nSPS) is 29.7. The second-order valence-corrected chi connectivity index (χ2v) is 7.94. The number of carbonyl (C=O) groups excluding carboxylic acids is 1. The molecule has 0 radical (unpaired) electrons. The molecule has 27 heavy (non-hydrogen) atoms. The van der Waals surface area contributed by atoms with E-state index < -0.39 is 0 Å². The van der Waals surface area contributed by atoms with E-state index in [4.69, 9.17) is 9.47 Å². The Hall–Kier alpha value is -1.63. The van der Waals surface area contributed by atoms with E-state index >= 15 is 0 Å². The van der Waals surface area contributed by atoms with Gasteiger partial charge in [-0.05, 0) is 31.7 Å². The highest BCUT2D eigenvalue weighted by atomic mass is 16.5. The van der Waals surface area contributed by atoms with Gasteiger partial charge in [-0.3, -0.25) is 4.90 Å². The largest absolute Gasteiger partial charge is 0.379 e. The van der Waals surface area contributed by atoms with E-state index in [0.717, 1.165) is 70.8 Å². The summed E-state index contributed by atoms with van der Waals surface area (Å²) in [6.45, 7) is 8.06. The topological polar surface area (TPSA) is 54.0 Å². The Morgan fingerprint density at radius 2 is 1.85 bits per heavy atom. The zero-order chi connectivity index (χ0) is 18.6. The summed E-state index contributed by atoms with van der Waals surface area (Å²) < 4.78 is 11.5. The smallest absolute Gasteiger partial charge is 0.317 e. The van der Waals surface area contributed by atoms with Crippen LogP contribution in [0, 0.1) is 6.92 Å². The number of benzene rings is 1. The van der Waals surface area contributed by atoms with E-state index in [2.05, 4.69) is 41.4 Å². The average Bonchev–Trinajstić information content (AvgIpc) is 3.20. The molecule has 0 aromatic heterocycles. The van der Waals surface area contributed by atoms with E-state index in [-0.39, 0.29) is 18.2 Å². The molecule has 3 saturated heterocycles. The van der Waals surface area contributed by atoms with Gasteiger partial charge in [0.1, 0.15) is 6.10 Å². The van der Waals surface area contributed by atoms with Crippen molar-refractivity contribution in [1.82, 2.24) is 15.1 Å². The summed E-state index contributed by atoms with van der Waals surface area (Å²) in [5, 5.41) is 3.27. The number of urea groups is 1. The number of carbonyl (C=O) groups is 1. The number of amides is 2. The van der Waals surface area contributed by atoms with Crippen molar-refractivity contribution in [3.05, 3.63) is 35.4 Å². The highest BCUT2D eigenvalue weighted by molar-refractivity contribution is 5.75. The van der Waals surface area contributed by atoms with Crippen molar-refractivity contribution in [1.29, 1.82) is 0 Å². The monoisotopic (exact) mass is 373 g/mol. The minimum atomic E-state index is -0.0547. The van der Waals surface area contributed by atoms with Gasteiger partial charge in [-0.2, -0.15) is 0 Å². The second kappa shape index (κ2) is 8.59. The quantitative estimate of drug-likeness (QED) is 0.884. The predicted octanol–water partition coefficient (Wildman–Crippen LogP) is 2.33. The number of hydrogen-bond donors (Lipinski definition) is 1. The number of ether oxygens (including phenoxy) is 2. The van der Waals surface area contributed by atoms with Gasteiger partial charge in [0.05, 0.1) is 19.3 Å². The molecule has 4 rings (SSSR count). The summed E-state index contributed by atoms with van der Waals surface area (Å²) in [4.78, 5) is 17.3. The Kier molecular flexibility index (Phi) is 5.95. The first-order chi connectivity index (χ1) is 13.2. The number of aryl methyl sites for hydroxylation is 1. The van der Waals surface area contributed by atoms with Crippen LogP contribution in [0.3, 0.4) is 0 Å². The minimum Gasteiger partial charge on any atom is -0.379 e. The Balaban J connectivity index is 1.35. The van der Waals surface area contributed by atoms with Gasteiger partial charge in [-0.15, -0.1) is 0 Å². The van der Waals surface area contributed by atoms with Gasteiger partial charge in [-0.25, -0.2) is 4.79 Å². The summed E-state index contributed by atoms with van der Waals surface area (Å²) >= 11 is 0. The maximum Gasteiger partial charge on any atom is 0.317 e. The molecule has 3 heterocycles. The van der Waals surface area contributed by atoms with Crippen LogP contribution in [0.1, 0.15) is 36.5 Å². The van der Waals surface area contributed by atoms with Gasteiger partial charge >= 0.3 is 6.03 Å². The number of hydrogen-bond acceptors (Lipinski definition) is 4. The van der Waals surface area contributed by atoms with E-state index in [0.29, 0.717) is 6.04 Å². The van der Waals surface area contributed by atoms with Crippen molar-refractivity contribution in [3.63, 3.8) is 0 Å². The summed E-state index contributed by atoms with van der Waals surface area (Å²) in [7, 11) is 0. The molecule has 2 amide bonds. The number of rotatable bonds is 3. The average molecular weight is 373 g/mol. The molecule has 0 spiro atoms. The molecule has 1 aromatic rings. The number of nitrogens with one attached hydrogen (secondary N) is 1. The highest BCUT2D eigenvalue weighted by Crippen LogP contribution is 2.29. The van der Waals surface area contributed by atoms with E-state index in [1.165, 1.54) is 5.56 Å². The van der Waals surface area contributed by atoms with Gasteiger partial charge in [0, 0.05) is 38.8 Å². The number of nitrogens with zero attached hydrogens (tertiary/aromatic N) is 2. The van der Waals surface area contributed by atoms with Crippen molar-refractivity contribution >= 4 is 6.03 Å². The molecule has 148 valence electrons. The van der Waals surface area contributed by atoms with Crippen molar-refractivity contribution in [2.24, 2.45) is 0 Å². The summed E-state index contributed by atoms with van der Waals surface area (Å²) in [6, 6.07) is 9.02. The third-order valence-corrected chi connectivity index (χ3v) is 6.05. The predicted molar refractivity (Wildman–Crippen MR) is 104 cm³/mol. The van der Waals surface area contributed by atoms with Gasteiger partial charge in [-0.1, -0.05) is 29.8 Å². The van der Waals surface area contributed by atoms with E-state index in [1.807, 2.05) is 4.90 Å². The first-order valence-corrected chi connectivity index (χ1v) is 10.3. The molecular formula is C21H31N3O3. The molecule has 0 aliphatic carbocycles. The maximum absolute atomic E-state index is 12.9. The lowest BCUT2D eigenvalue weighted by Crippen LogP contribution is -2.49. The van der Waals surface area contributed by atoms with Crippen LogP contribution in [0.5, 0.6) is 0 Å². The van der Waals surface area contributed by atoms with Crippen LogP contribution >= 0.6 is 0 Å². The van der Waals surface area contributed by atoms with Crippen molar-refractivity contribution in [2.45, 2.75) is 44.4 Å². The Morgan fingerprint density at radius 1 is 1.07 bits per heavy atom. The van der Waals surface area contributed by atoms with Crippen LogP contribution < -0.4 is 5.32 Å². The zero-order valence-electron chi connectivity index (χ0n) is 16.2. The van der Waals surface area contributed by atoms with Crippen LogP contribution in [0.25, 0.3) is 0 Å². The number of likely N-dealkylation sites (tertiary alicyclic amines) is 1. The fourth-order valence-electron chi connectivity index (χ4n) is 4.43. The Bertz CT molecular complexity index is 630. The molecule has 3 aliphatic heterocycles. The lowest BCUT2D eigenvalue weighted by atomic mass is 9.95. The van der Waals surface area contributed by atoms with Crippen molar-refractivity contribution < 1.29 is 14.3 Å². The van der Waals surface area contributed by atoms with Gasteiger partial charge < -0.3 is 19.7 Å². The van der Waals surface area contributed by atoms with Gasteiger partial charge in [0.15, 0.2) is 0 Å². The zero-order valence-corrected chi connectivity index (χ0v) is 16.2. The Morgan fingerprint density at radius 3 is 2.63 bits per heavy atom. The molecular weight excluding hydrogens is 342 g/mol. The summed E-state index contributed by atoms with van der Waals surface area (Å²) in [6.07, 6.45) is 2.95. The number of morpholine rings is 1. The SMILES string of the molecule is Cc1ccc(C2OCCCC2NC(=O)N2CCC(N3CCOCC3)C2)cc1. The molecule has 6 nitrogen and oxygen atoms in total. The summed E-state index contributed by atoms with van der Waals surface area (Å²) in [5.74, 6) is 0. The summed E-state index contributed by atoms with van der Waals surface area (Å²) in [5.41, 5.74) is 2.39. The van der Waals surface area contributed by atoms with Gasteiger partial charge in [0.25, 0.3) is 0 Å². The first kappa shape index (κ1) is 18.7. The lowest BCUT2D eigenvalue weighted by Gasteiger charge is -2.34. The molecule has 0 saturated carbocycles. The van der Waals surface area contributed by atoms with Gasteiger partial charge in [0.2, 0.25) is 0 Å². The molecule has 3 aliphatic rings. The van der Waals surface area contributed by atoms with E-state index in [1.54, 1.807) is 0 Å². The van der Waals surface area contributed by atoms with Crippen LogP contribution in [0.2, 0.25) is 0 Å². The van der Waals surface area contributed by atoms with Crippen molar-refractivity contribution in [2.75, 3.05) is 46.0 Å². The van der Waals surface area contributed by atoms with Crippen LogP contribution in [0.15, 0.2) is 24.3 Å². The standard InChI is InChI=1S/C21H31N3O3/c1-16-4-6-17(7-5-16)20-19(3-2-12-27-20)22-21(25)24-9-8-18(15-24)23-10-13-26-14-11-23/h4-7,18-20H,2-3,8-15H2,1H3,(H,22,25). The van der Waals surface area contributed by atoms with Crippen LogP contribution in [-0.2, 0) is 9.47 Å². The van der Waals surface area contributed by atoms with E-state index in [9.17, 15) is 4.79 Å². The second-order valence-electron chi connectivity index (χ2n) is 7.94. The van der Waals surface area contributed by atoms with Crippen molar-refractivity contribution in [3.8, 4) is 0 Å². The van der Waals surface area contributed by atoms with Crippen LogP contribution in [0.4, 0.5) is 4.79 Å². The minimum absolute atomic E-state index is 0.0383. The fraction of sp³-hybridized carbons (Fsp3) is 0.667. The molecule has 0 bridgehead atoms. The Labute approximate surface area is 161 Å². The molecule has 3 atom stereocenters.